The Bertz CT molecular complexity index is 987. The van der Waals surface area contributed by atoms with Crippen LogP contribution in [0.1, 0.15) is 43.4 Å². The molecule has 1 fully saturated rings. The molecule has 1 aliphatic rings. The highest BCUT2D eigenvalue weighted by Crippen LogP contribution is 2.45. The van der Waals surface area contributed by atoms with Gasteiger partial charge in [-0.2, -0.15) is 0 Å². The summed E-state index contributed by atoms with van der Waals surface area (Å²) < 4.78 is 22.7. The molecule has 37 heavy (non-hydrogen) atoms. The molecule has 0 aromatic heterocycles. The van der Waals surface area contributed by atoms with Crippen molar-refractivity contribution in [3.8, 4) is 28.7 Å². The summed E-state index contributed by atoms with van der Waals surface area (Å²) in [4.78, 5) is 0. The van der Waals surface area contributed by atoms with E-state index in [-0.39, 0.29) is 47.4 Å². The highest BCUT2D eigenvalue weighted by Gasteiger charge is 2.39. The van der Waals surface area contributed by atoms with E-state index in [0.717, 1.165) is 12.1 Å². The van der Waals surface area contributed by atoms with E-state index in [0.29, 0.717) is 44.4 Å². The minimum atomic E-state index is -0.707. The Balaban J connectivity index is 1.81. The molecule has 0 unspecified atom stereocenters. The zero-order valence-electron chi connectivity index (χ0n) is 21.4. The minimum absolute atomic E-state index is 0.0566. The van der Waals surface area contributed by atoms with Gasteiger partial charge in [-0.05, 0) is 67.6 Å². The van der Waals surface area contributed by atoms with Crippen molar-refractivity contribution in [2.75, 3.05) is 40.2 Å². The standard InChI is InChI=1S/C27H39NO9/c1-3-28-9-11-35-25-14-18(13-24(34-2)26(25)33)27-20(8-10-29)22(32)15-19(37-27)6-4-17-5-7-21(31)23(12-17)36-16-30/h5,7,12-14,19-20,22,27-33H,3-4,6,8-11,15-16H2,1-2H3/t19-,20-,22-,27+/m0/s1. The number of aliphatic hydroxyl groups is 3. The van der Waals surface area contributed by atoms with E-state index in [4.69, 9.17) is 24.1 Å². The van der Waals surface area contributed by atoms with Gasteiger partial charge in [0.1, 0.15) is 6.61 Å². The second kappa shape index (κ2) is 14.3. The maximum absolute atomic E-state index is 11.0. The number of nitrogens with one attached hydrogen (secondary N) is 1. The molecule has 1 heterocycles. The molecule has 6 N–H and O–H groups in total. The maximum Gasteiger partial charge on any atom is 0.200 e. The lowest BCUT2D eigenvalue weighted by molar-refractivity contribution is -0.144. The smallest absolute Gasteiger partial charge is 0.200 e. The number of aliphatic hydroxyl groups excluding tert-OH is 3. The zero-order valence-corrected chi connectivity index (χ0v) is 21.4. The van der Waals surface area contributed by atoms with Gasteiger partial charge < -0.3 is 49.8 Å². The minimum Gasteiger partial charge on any atom is -0.504 e. The van der Waals surface area contributed by atoms with Crippen molar-refractivity contribution >= 4 is 0 Å². The van der Waals surface area contributed by atoms with Gasteiger partial charge in [-0.15, -0.1) is 0 Å². The summed E-state index contributed by atoms with van der Waals surface area (Å²) in [6.07, 6.45) is 0.377. The van der Waals surface area contributed by atoms with E-state index in [1.807, 2.05) is 6.92 Å². The van der Waals surface area contributed by atoms with Crippen LogP contribution in [0.15, 0.2) is 30.3 Å². The maximum atomic E-state index is 11.0. The summed E-state index contributed by atoms with van der Waals surface area (Å²) in [5.41, 5.74) is 1.56. The fraction of sp³-hybridized carbons (Fsp3) is 0.556. The average molecular weight is 522 g/mol. The third-order valence-electron chi connectivity index (χ3n) is 6.59. The van der Waals surface area contributed by atoms with Crippen LogP contribution in [0.4, 0.5) is 0 Å². The first kappa shape index (κ1) is 28.8. The predicted molar refractivity (Wildman–Crippen MR) is 136 cm³/mol. The van der Waals surface area contributed by atoms with Crippen LogP contribution in [0.5, 0.6) is 28.7 Å². The van der Waals surface area contributed by atoms with Gasteiger partial charge in [0.05, 0.1) is 25.4 Å². The molecule has 0 bridgehead atoms. The number of hydrogen-bond acceptors (Lipinski definition) is 10. The van der Waals surface area contributed by atoms with Crippen LogP contribution in [0.25, 0.3) is 0 Å². The largest absolute Gasteiger partial charge is 0.504 e. The van der Waals surface area contributed by atoms with Gasteiger partial charge in [-0.25, -0.2) is 0 Å². The van der Waals surface area contributed by atoms with Gasteiger partial charge in [-0.3, -0.25) is 0 Å². The summed E-state index contributed by atoms with van der Waals surface area (Å²) in [7, 11) is 1.46. The van der Waals surface area contributed by atoms with Crippen LogP contribution in [-0.2, 0) is 11.2 Å². The summed E-state index contributed by atoms with van der Waals surface area (Å²) in [5.74, 6) is 0.170. The lowest BCUT2D eigenvalue weighted by Gasteiger charge is -2.40. The third-order valence-corrected chi connectivity index (χ3v) is 6.59. The van der Waals surface area contributed by atoms with E-state index >= 15 is 0 Å². The Morgan fingerprint density at radius 1 is 1.03 bits per heavy atom. The Hall–Kier alpha value is -2.76. The van der Waals surface area contributed by atoms with Crippen molar-refractivity contribution in [1.82, 2.24) is 5.32 Å². The van der Waals surface area contributed by atoms with Crippen LogP contribution >= 0.6 is 0 Å². The van der Waals surface area contributed by atoms with Crippen LogP contribution in [0.3, 0.4) is 0 Å². The van der Waals surface area contributed by atoms with Gasteiger partial charge in [0, 0.05) is 19.1 Å². The molecule has 0 saturated carbocycles. The SMILES string of the molecule is CCNCCOc1cc([C@H]2O[C@@H](CCc3ccc(O)c(OCO)c3)C[C@H](O)[C@@H]2CCO)cc(OC)c1O. The fourth-order valence-corrected chi connectivity index (χ4v) is 4.68. The number of aromatic hydroxyl groups is 2. The molecule has 1 saturated heterocycles. The van der Waals surface area contributed by atoms with Crippen LogP contribution in [0.2, 0.25) is 0 Å². The van der Waals surface area contributed by atoms with Crippen molar-refractivity contribution in [3.05, 3.63) is 41.5 Å². The molecule has 0 spiro atoms. The van der Waals surface area contributed by atoms with Crippen molar-refractivity contribution < 1.29 is 44.5 Å². The van der Waals surface area contributed by atoms with E-state index in [9.17, 15) is 20.4 Å². The van der Waals surface area contributed by atoms with Gasteiger partial charge in [-0.1, -0.05) is 13.0 Å². The Morgan fingerprint density at radius 2 is 1.81 bits per heavy atom. The number of methoxy groups -OCH3 is 1. The summed E-state index contributed by atoms with van der Waals surface area (Å²) >= 11 is 0. The molecule has 2 aromatic rings. The molecule has 4 atom stereocenters. The highest BCUT2D eigenvalue weighted by molar-refractivity contribution is 5.53. The first-order chi connectivity index (χ1) is 17.9. The number of benzene rings is 2. The Morgan fingerprint density at radius 3 is 2.51 bits per heavy atom. The zero-order chi connectivity index (χ0) is 26.8. The van der Waals surface area contributed by atoms with E-state index in [2.05, 4.69) is 5.32 Å². The fourth-order valence-electron chi connectivity index (χ4n) is 4.68. The molecule has 10 heteroatoms. The molecule has 2 aromatic carbocycles. The van der Waals surface area contributed by atoms with Gasteiger partial charge in [0.15, 0.2) is 29.8 Å². The first-order valence-electron chi connectivity index (χ1n) is 12.7. The third kappa shape index (κ3) is 7.62. The Kier molecular flexibility index (Phi) is 11.1. The van der Waals surface area contributed by atoms with Crippen molar-refractivity contribution in [2.24, 2.45) is 5.92 Å². The van der Waals surface area contributed by atoms with Gasteiger partial charge in [0.2, 0.25) is 5.75 Å². The topological polar surface area (TPSA) is 150 Å². The van der Waals surface area contributed by atoms with Crippen LogP contribution < -0.4 is 19.5 Å². The number of rotatable bonds is 14. The highest BCUT2D eigenvalue weighted by atomic mass is 16.6. The quantitative estimate of drug-likeness (QED) is 0.161. The number of ether oxygens (including phenoxy) is 4. The Labute approximate surface area is 217 Å². The van der Waals surface area contributed by atoms with Crippen LogP contribution in [0, 0.1) is 5.92 Å². The van der Waals surface area contributed by atoms with E-state index < -0.39 is 19.0 Å². The lowest BCUT2D eigenvalue weighted by Crippen LogP contribution is -2.40. The molecular formula is C27H39NO9. The number of phenolic OH excluding ortho intramolecular Hbond substituents is 2. The molecule has 0 aliphatic carbocycles. The van der Waals surface area contributed by atoms with Crippen LogP contribution in [-0.4, -0.2) is 77.9 Å². The summed E-state index contributed by atoms with van der Waals surface area (Å²) in [5, 5.41) is 53.3. The normalized spacial score (nSPS) is 21.5. The molecule has 0 amide bonds. The molecule has 1 aliphatic heterocycles. The van der Waals surface area contributed by atoms with Gasteiger partial charge in [0.25, 0.3) is 0 Å². The summed E-state index contributed by atoms with van der Waals surface area (Å²) in [6, 6.07) is 8.32. The monoisotopic (exact) mass is 521 g/mol. The molecular weight excluding hydrogens is 482 g/mol. The molecule has 0 radical (unpaired) electrons. The average Bonchev–Trinajstić information content (AvgIpc) is 2.89. The number of hydrogen-bond donors (Lipinski definition) is 6. The van der Waals surface area contributed by atoms with Crippen molar-refractivity contribution in [2.45, 2.75) is 50.9 Å². The lowest BCUT2D eigenvalue weighted by atomic mass is 9.82. The number of phenols is 2. The molecule has 3 rings (SSSR count). The van der Waals surface area contributed by atoms with Crippen molar-refractivity contribution in [3.63, 3.8) is 0 Å². The predicted octanol–water partition coefficient (Wildman–Crippen LogP) is 2.25. The molecule has 10 nitrogen and oxygen atoms in total. The number of likely N-dealkylation sites (N-methyl/N-ethyl adjacent to an activating group) is 1. The number of aryl methyl sites for hydroxylation is 1. The summed E-state index contributed by atoms with van der Waals surface area (Å²) in [6.45, 7) is 3.11. The van der Waals surface area contributed by atoms with Gasteiger partial charge >= 0.3 is 0 Å². The molecule has 206 valence electrons. The van der Waals surface area contributed by atoms with E-state index in [1.165, 1.54) is 13.2 Å². The van der Waals surface area contributed by atoms with Crippen molar-refractivity contribution in [1.29, 1.82) is 0 Å². The second-order valence-corrected chi connectivity index (χ2v) is 9.04. The first-order valence-corrected chi connectivity index (χ1v) is 12.7. The van der Waals surface area contributed by atoms with E-state index in [1.54, 1.807) is 24.3 Å². The second-order valence-electron chi connectivity index (χ2n) is 9.04.